The lowest BCUT2D eigenvalue weighted by molar-refractivity contribution is 0.410. The van der Waals surface area contributed by atoms with Crippen LogP contribution in [0.25, 0.3) is 0 Å². The molecule has 0 aliphatic carbocycles. The molecule has 0 N–H and O–H groups in total. The van der Waals surface area contributed by atoms with Gasteiger partial charge in [0.2, 0.25) is 0 Å². The standard InChI is InChI=1S/C11H13NO/c1-8-6-9(2)10(4-5-12)11(7-8)13-3/h6-7H,4H2,1-3H3. The van der Waals surface area contributed by atoms with E-state index in [1.807, 2.05) is 19.9 Å². The minimum atomic E-state index is 0.412. The van der Waals surface area contributed by atoms with Crippen LogP contribution in [-0.4, -0.2) is 7.11 Å². The average Bonchev–Trinajstić information content (AvgIpc) is 2.09. The molecule has 1 rings (SSSR count). The van der Waals surface area contributed by atoms with Gasteiger partial charge in [-0.25, -0.2) is 0 Å². The van der Waals surface area contributed by atoms with Crippen molar-refractivity contribution in [3.63, 3.8) is 0 Å². The largest absolute Gasteiger partial charge is 0.496 e. The molecule has 0 bridgehead atoms. The second kappa shape index (κ2) is 3.95. The van der Waals surface area contributed by atoms with Crippen molar-refractivity contribution in [2.75, 3.05) is 7.11 Å². The van der Waals surface area contributed by atoms with Gasteiger partial charge in [0.05, 0.1) is 19.6 Å². The fraction of sp³-hybridized carbons (Fsp3) is 0.364. The Balaban J connectivity index is 3.23. The van der Waals surface area contributed by atoms with Crippen LogP contribution in [0.1, 0.15) is 16.7 Å². The number of hydrogen-bond donors (Lipinski definition) is 0. The Kier molecular flexibility index (Phi) is 2.92. The van der Waals surface area contributed by atoms with E-state index in [0.29, 0.717) is 6.42 Å². The molecule has 13 heavy (non-hydrogen) atoms. The molecule has 2 heteroatoms. The Labute approximate surface area is 78.8 Å². The maximum atomic E-state index is 8.63. The van der Waals surface area contributed by atoms with E-state index < -0.39 is 0 Å². The minimum Gasteiger partial charge on any atom is -0.496 e. The van der Waals surface area contributed by atoms with E-state index in [4.69, 9.17) is 10.00 Å². The SMILES string of the molecule is COc1cc(C)cc(C)c1CC#N. The zero-order chi connectivity index (χ0) is 9.84. The fourth-order valence-electron chi connectivity index (χ4n) is 1.45. The Morgan fingerprint density at radius 3 is 2.62 bits per heavy atom. The quantitative estimate of drug-likeness (QED) is 0.691. The number of nitriles is 1. The van der Waals surface area contributed by atoms with Gasteiger partial charge in [-0.15, -0.1) is 0 Å². The summed E-state index contributed by atoms with van der Waals surface area (Å²) in [6, 6.07) is 6.16. The highest BCUT2D eigenvalue weighted by Gasteiger charge is 2.06. The first kappa shape index (κ1) is 9.60. The van der Waals surface area contributed by atoms with Crippen LogP contribution in [-0.2, 0) is 6.42 Å². The molecule has 0 radical (unpaired) electrons. The van der Waals surface area contributed by atoms with Gasteiger partial charge in [0.1, 0.15) is 5.75 Å². The Morgan fingerprint density at radius 1 is 1.38 bits per heavy atom. The average molecular weight is 175 g/mol. The molecule has 0 saturated heterocycles. The molecule has 0 saturated carbocycles. The second-order valence-electron chi connectivity index (χ2n) is 3.10. The summed E-state index contributed by atoms with van der Waals surface area (Å²) < 4.78 is 5.21. The molecule has 0 atom stereocenters. The molecule has 0 heterocycles. The van der Waals surface area contributed by atoms with Crippen molar-refractivity contribution in [3.05, 3.63) is 28.8 Å². The smallest absolute Gasteiger partial charge is 0.123 e. The molecule has 0 aliphatic heterocycles. The lowest BCUT2D eigenvalue weighted by atomic mass is 10.0. The number of aryl methyl sites for hydroxylation is 2. The second-order valence-corrected chi connectivity index (χ2v) is 3.10. The predicted octanol–water partition coefficient (Wildman–Crippen LogP) is 2.38. The molecule has 0 amide bonds. The van der Waals surface area contributed by atoms with E-state index in [-0.39, 0.29) is 0 Å². The number of hydrogen-bond acceptors (Lipinski definition) is 2. The lowest BCUT2D eigenvalue weighted by Gasteiger charge is -2.09. The Hall–Kier alpha value is -1.49. The van der Waals surface area contributed by atoms with Crippen molar-refractivity contribution in [1.82, 2.24) is 0 Å². The van der Waals surface area contributed by atoms with Crippen LogP contribution in [0.4, 0.5) is 0 Å². The number of methoxy groups -OCH3 is 1. The summed E-state index contributed by atoms with van der Waals surface area (Å²) in [4.78, 5) is 0. The van der Waals surface area contributed by atoms with Gasteiger partial charge in [0.15, 0.2) is 0 Å². The number of nitrogens with zero attached hydrogens (tertiary/aromatic N) is 1. The predicted molar refractivity (Wildman–Crippen MR) is 51.8 cm³/mol. The van der Waals surface area contributed by atoms with Crippen molar-refractivity contribution >= 4 is 0 Å². The minimum absolute atomic E-state index is 0.412. The van der Waals surface area contributed by atoms with Gasteiger partial charge in [-0.2, -0.15) is 5.26 Å². The highest BCUT2D eigenvalue weighted by atomic mass is 16.5. The maximum Gasteiger partial charge on any atom is 0.123 e. The first-order valence-electron chi connectivity index (χ1n) is 4.20. The first-order valence-corrected chi connectivity index (χ1v) is 4.20. The normalized spacial score (nSPS) is 9.38. The van der Waals surface area contributed by atoms with Crippen molar-refractivity contribution in [2.24, 2.45) is 0 Å². The van der Waals surface area contributed by atoms with E-state index in [1.165, 1.54) is 0 Å². The summed E-state index contributed by atoms with van der Waals surface area (Å²) in [7, 11) is 1.63. The van der Waals surface area contributed by atoms with E-state index in [9.17, 15) is 0 Å². The van der Waals surface area contributed by atoms with Crippen LogP contribution in [0.2, 0.25) is 0 Å². The molecule has 0 aromatic heterocycles. The van der Waals surface area contributed by atoms with Gasteiger partial charge in [0.25, 0.3) is 0 Å². The molecule has 0 aliphatic rings. The van der Waals surface area contributed by atoms with E-state index >= 15 is 0 Å². The number of benzene rings is 1. The van der Waals surface area contributed by atoms with Gasteiger partial charge in [-0.1, -0.05) is 6.07 Å². The Morgan fingerprint density at radius 2 is 2.08 bits per heavy atom. The number of rotatable bonds is 2. The molecule has 68 valence electrons. The molecular weight excluding hydrogens is 162 g/mol. The van der Waals surface area contributed by atoms with Crippen LogP contribution >= 0.6 is 0 Å². The van der Waals surface area contributed by atoms with Gasteiger partial charge >= 0.3 is 0 Å². The summed E-state index contributed by atoms with van der Waals surface area (Å²) in [6.07, 6.45) is 0.412. The lowest BCUT2D eigenvalue weighted by Crippen LogP contribution is -1.95. The van der Waals surface area contributed by atoms with Gasteiger partial charge in [0, 0.05) is 5.56 Å². The van der Waals surface area contributed by atoms with Gasteiger partial charge < -0.3 is 4.74 Å². The molecule has 2 nitrogen and oxygen atoms in total. The zero-order valence-electron chi connectivity index (χ0n) is 8.22. The fourth-order valence-corrected chi connectivity index (χ4v) is 1.45. The van der Waals surface area contributed by atoms with Gasteiger partial charge in [-0.3, -0.25) is 0 Å². The highest BCUT2D eigenvalue weighted by Crippen LogP contribution is 2.24. The first-order chi connectivity index (χ1) is 6.19. The zero-order valence-corrected chi connectivity index (χ0v) is 8.22. The molecule has 0 fully saturated rings. The van der Waals surface area contributed by atoms with E-state index in [1.54, 1.807) is 7.11 Å². The van der Waals surface area contributed by atoms with Crippen LogP contribution in [0.15, 0.2) is 12.1 Å². The van der Waals surface area contributed by atoms with Crippen LogP contribution in [0.3, 0.4) is 0 Å². The maximum absolute atomic E-state index is 8.63. The monoisotopic (exact) mass is 175 g/mol. The molecule has 0 spiro atoms. The summed E-state index contributed by atoms with van der Waals surface area (Å²) in [6.45, 7) is 4.02. The van der Waals surface area contributed by atoms with E-state index in [2.05, 4.69) is 12.1 Å². The van der Waals surface area contributed by atoms with Crippen LogP contribution in [0, 0.1) is 25.2 Å². The van der Waals surface area contributed by atoms with Crippen LogP contribution in [0.5, 0.6) is 5.75 Å². The van der Waals surface area contributed by atoms with Gasteiger partial charge in [-0.05, 0) is 31.0 Å². The third-order valence-corrected chi connectivity index (χ3v) is 2.05. The van der Waals surface area contributed by atoms with Crippen LogP contribution < -0.4 is 4.74 Å². The Bertz CT molecular complexity index is 350. The van der Waals surface area contributed by atoms with Crippen molar-refractivity contribution in [3.8, 4) is 11.8 Å². The van der Waals surface area contributed by atoms with Crippen molar-refractivity contribution in [1.29, 1.82) is 5.26 Å². The third kappa shape index (κ3) is 2.00. The molecule has 1 aromatic carbocycles. The van der Waals surface area contributed by atoms with Crippen molar-refractivity contribution < 1.29 is 4.74 Å². The molecule has 1 aromatic rings. The topological polar surface area (TPSA) is 33.0 Å². The highest BCUT2D eigenvalue weighted by molar-refractivity contribution is 5.44. The summed E-state index contributed by atoms with van der Waals surface area (Å²) >= 11 is 0. The van der Waals surface area contributed by atoms with Crippen molar-refractivity contribution in [2.45, 2.75) is 20.3 Å². The van der Waals surface area contributed by atoms with E-state index in [0.717, 1.165) is 22.4 Å². The summed E-state index contributed by atoms with van der Waals surface area (Å²) in [5, 5.41) is 8.63. The molecular formula is C11H13NO. The molecule has 0 unspecified atom stereocenters. The summed E-state index contributed by atoms with van der Waals surface area (Å²) in [5.74, 6) is 0.819. The number of ether oxygens (including phenoxy) is 1. The summed E-state index contributed by atoms with van der Waals surface area (Å²) in [5.41, 5.74) is 3.28. The third-order valence-electron chi connectivity index (χ3n) is 2.05.